The van der Waals surface area contributed by atoms with Gasteiger partial charge in [-0.3, -0.25) is 9.59 Å². The van der Waals surface area contributed by atoms with Crippen LogP contribution in [-0.2, 0) is 9.53 Å². The molecule has 0 spiro atoms. The second-order valence-corrected chi connectivity index (χ2v) is 6.26. The van der Waals surface area contributed by atoms with Crippen molar-refractivity contribution in [1.82, 2.24) is 14.7 Å². The van der Waals surface area contributed by atoms with Gasteiger partial charge in [0.25, 0.3) is 5.91 Å². The summed E-state index contributed by atoms with van der Waals surface area (Å²) >= 11 is 6.21. The Balaban J connectivity index is 1.82. The van der Waals surface area contributed by atoms with Crippen LogP contribution in [0, 0.1) is 6.92 Å². The number of hydrogen-bond donors (Lipinski definition) is 1. The molecule has 2 heterocycles. The van der Waals surface area contributed by atoms with Gasteiger partial charge in [0, 0.05) is 13.1 Å². The van der Waals surface area contributed by atoms with Gasteiger partial charge in [0.2, 0.25) is 0 Å². The predicted octanol–water partition coefficient (Wildman–Crippen LogP) is 2.15. The van der Waals surface area contributed by atoms with E-state index in [1.54, 1.807) is 22.6 Å². The van der Waals surface area contributed by atoms with Gasteiger partial charge in [0.15, 0.2) is 0 Å². The molecular weight excluding hydrogens is 346 g/mol. The molecule has 1 N–H and O–H groups in total. The Morgan fingerprint density at radius 1 is 1.40 bits per heavy atom. The van der Waals surface area contributed by atoms with E-state index in [0.717, 1.165) is 0 Å². The number of carboxylic acids is 1. The maximum absolute atomic E-state index is 12.8. The molecular formula is C17H18ClN3O4. The smallest absolute Gasteiger partial charge is 0.306 e. The fourth-order valence-electron chi connectivity index (χ4n) is 2.88. The number of benzene rings is 1. The summed E-state index contributed by atoms with van der Waals surface area (Å²) < 4.78 is 7.04. The Kier molecular flexibility index (Phi) is 5.06. The normalized spacial score (nSPS) is 17.5. The number of carboxylic acid groups (broad SMARTS) is 1. The van der Waals surface area contributed by atoms with E-state index in [4.69, 9.17) is 21.4 Å². The molecule has 1 aliphatic rings. The van der Waals surface area contributed by atoms with E-state index >= 15 is 0 Å². The van der Waals surface area contributed by atoms with E-state index in [9.17, 15) is 9.59 Å². The number of carbonyl (C=O) groups is 2. The Hall–Kier alpha value is -2.38. The topological polar surface area (TPSA) is 84.7 Å². The van der Waals surface area contributed by atoms with E-state index in [0.29, 0.717) is 35.1 Å². The van der Waals surface area contributed by atoms with Gasteiger partial charge in [-0.15, -0.1) is 0 Å². The predicted molar refractivity (Wildman–Crippen MR) is 91.2 cm³/mol. The third-order valence-corrected chi connectivity index (χ3v) is 4.47. The monoisotopic (exact) mass is 363 g/mol. The summed E-state index contributed by atoms with van der Waals surface area (Å²) in [7, 11) is 0. The maximum atomic E-state index is 12.8. The number of ether oxygens (including phenoxy) is 1. The number of morpholine rings is 1. The van der Waals surface area contributed by atoms with Crippen molar-refractivity contribution < 1.29 is 19.4 Å². The van der Waals surface area contributed by atoms with Crippen LogP contribution in [0.15, 0.2) is 30.5 Å². The molecule has 0 radical (unpaired) electrons. The van der Waals surface area contributed by atoms with Gasteiger partial charge >= 0.3 is 5.97 Å². The van der Waals surface area contributed by atoms with Crippen LogP contribution in [0.4, 0.5) is 0 Å². The average molecular weight is 364 g/mol. The van der Waals surface area contributed by atoms with Crippen molar-refractivity contribution in [3.05, 3.63) is 46.7 Å². The van der Waals surface area contributed by atoms with Crippen molar-refractivity contribution in [3.63, 3.8) is 0 Å². The minimum Gasteiger partial charge on any atom is -0.481 e. The summed E-state index contributed by atoms with van der Waals surface area (Å²) in [6.45, 7) is 2.80. The Morgan fingerprint density at radius 2 is 2.16 bits per heavy atom. The number of aromatic nitrogens is 2. The first-order valence-electron chi connectivity index (χ1n) is 7.89. The average Bonchev–Trinajstić information content (AvgIpc) is 2.96. The molecule has 25 heavy (non-hydrogen) atoms. The first-order chi connectivity index (χ1) is 12.0. The molecule has 0 bridgehead atoms. The molecule has 0 aliphatic carbocycles. The molecule has 2 aromatic rings. The third kappa shape index (κ3) is 3.67. The fourth-order valence-corrected chi connectivity index (χ4v) is 3.09. The largest absolute Gasteiger partial charge is 0.481 e. The molecule has 1 atom stereocenters. The molecule has 0 saturated carbocycles. The van der Waals surface area contributed by atoms with Gasteiger partial charge in [-0.25, -0.2) is 4.68 Å². The second-order valence-electron chi connectivity index (χ2n) is 5.85. The van der Waals surface area contributed by atoms with Crippen molar-refractivity contribution >= 4 is 23.5 Å². The Morgan fingerprint density at radius 3 is 2.88 bits per heavy atom. The third-order valence-electron chi connectivity index (χ3n) is 4.15. The number of aliphatic carboxylic acids is 1. The molecule has 132 valence electrons. The number of rotatable bonds is 4. The summed E-state index contributed by atoms with van der Waals surface area (Å²) in [4.78, 5) is 25.3. The van der Waals surface area contributed by atoms with Crippen molar-refractivity contribution in [3.8, 4) is 5.69 Å². The molecule has 1 aromatic heterocycles. The molecule has 3 rings (SSSR count). The van der Waals surface area contributed by atoms with Crippen LogP contribution in [0.3, 0.4) is 0 Å². The summed E-state index contributed by atoms with van der Waals surface area (Å²) in [6.07, 6.45) is 0.902. The van der Waals surface area contributed by atoms with Crippen molar-refractivity contribution in [2.75, 3.05) is 19.7 Å². The minimum atomic E-state index is -0.943. The highest BCUT2D eigenvalue weighted by Crippen LogP contribution is 2.23. The van der Waals surface area contributed by atoms with Crippen LogP contribution >= 0.6 is 11.6 Å². The molecule has 1 saturated heterocycles. The second kappa shape index (κ2) is 7.25. The Bertz CT molecular complexity index is 805. The van der Waals surface area contributed by atoms with E-state index in [-0.39, 0.29) is 18.9 Å². The van der Waals surface area contributed by atoms with E-state index in [2.05, 4.69) is 5.10 Å². The Labute approximate surface area is 149 Å². The molecule has 1 amide bonds. The van der Waals surface area contributed by atoms with E-state index in [1.807, 2.05) is 18.2 Å². The number of amides is 1. The number of hydrogen-bond acceptors (Lipinski definition) is 4. The lowest BCUT2D eigenvalue weighted by molar-refractivity contribution is -0.141. The van der Waals surface area contributed by atoms with E-state index in [1.165, 1.54) is 6.20 Å². The molecule has 1 fully saturated rings. The van der Waals surface area contributed by atoms with Crippen molar-refractivity contribution in [2.45, 2.75) is 19.4 Å². The van der Waals surface area contributed by atoms with Crippen molar-refractivity contribution in [2.24, 2.45) is 0 Å². The van der Waals surface area contributed by atoms with Gasteiger partial charge in [-0.05, 0) is 19.1 Å². The zero-order valence-corrected chi connectivity index (χ0v) is 14.4. The highest BCUT2D eigenvalue weighted by molar-refractivity contribution is 6.32. The summed E-state index contributed by atoms with van der Waals surface area (Å²) in [5, 5.41) is 13.7. The highest BCUT2D eigenvalue weighted by Gasteiger charge is 2.28. The first kappa shape index (κ1) is 17.4. The summed E-state index contributed by atoms with van der Waals surface area (Å²) in [5.41, 5.74) is 1.85. The number of nitrogens with zero attached hydrogens (tertiary/aromatic N) is 3. The van der Waals surface area contributed by atoms with Crippen LogP contribution in [0.1, 0.15) is 22.5 Å². The number of para-hydroxylation sites is 1. The summed E-state index contributed by atoms with van der Waals surface area (Å²) in [5.74, 6) is -1.13. The molecule has 0 unspecified atom stereocenters. The van der Waals surface area contributed by atoms with Crippen LogP contribution in [0.5, 0.6) is 0 Å². The molecule has 1 aliphatic heterocycles. The summed E-state index contributed by atoms with van der Waals surface area (Å²) in [6, 6.07) is 7.27. The fraction of sp³-hybridized carbons (Fsp3) is 0.353. The SMILES string of the molecule is Cc1c(C(=O)N2CCO[C@H](CC(=O)O)C2)cnn1-c1ccccc1Cl. The van der Waals surface area contributed by atoms with Gasteiger partial charge < -0.3 is 14.7 Å². The van der Waals surface area contributed by atoms with Crippen LogP contribution in [0.25, 0.3) is 5.69 Å². The standard InChI is InChI=1S/C17H18ClN3O4/c1-11-13(9-19-21(11)15-5-3-2-4-14(15)18)17(24)20-6-7-25-12(10-20)8-16(22)23/h2-5,9,12H,6-8,10H2,1H3,(H,22,23)/t12-/m1/s1. The zero-order valence-electron chi connectivity index (χ0n) is 13.7. The molecule has 7 nitrogen and oxygen atoms in total. The maximum Gasteiger partial charge on any atom is 0.306 e. The van der Waals surface area contributed by atoms with Crippen LogP contribution < -0.4 is 0 Å². The highest BCUT2D eigenvalue weighted by atomic mass is 35.5. The molecule has 8 heteroatoms. The minimum absolute atomic E-state index is 0.123. The first-order valence-corrected chi connectivity index (χ1v) is 8.27. The number of halogens is 1. The lowest BCUT2D eigenvalue weighted by atomic mass is 10.1. The van der Waals surface area contributed by atoms with Crippen molar-refractivity contribution in [1.29, 1.82) is 0 Å². The lowest BCUT2D eigenvalue weighted by Gasteiger charge is -2.32. The molecule has 1 aromatic carbocycles. The quantitative estimate of drug-likeness (QED) is 0.899. The zero-order chi connectivity index (χ0) is 18.0. The van der Waals surface area contributed by atoms with Gasteiger partial charge in [0.1, 0.15) is 0 Å². The van der Waals surface area contributed by atoms with Gasteiger partial charge in [0.05, 0.1) is 47.3 Å². The van der Waals surface area contributed by atoms with E-state index < -0.39 is 12.1 Å². The van der Waals surface area contributed by atoms with Crippen LogP contribution in [-0.4, -0.2) is 57.5 Å². The number of carbonyl (C=O) groups excluding carboxylic acids is 1. The lowest BCUT2D eigenvalue weighted by Crippen LogP contribution is -2.46. The van der Waals surface area contributed by atoms with Crippen LogP contribution in [0.2, 0.25) is 5.02 Å². The van der Waals surface area contributed by atoms with Gasteiger partial charge in [-0.1, -0.05) is 23.7 Å². The van der Waals surface area contributed by atoms with Gasteiger partial charge in [-0.2, -0.15) is 5.10 Å².